The Morgan fingerprint density at radius 3 is 2.48 bits per heavy atom. The summed E-state index contributed by atoms with van der Waals surface area (Å²) >= 11 is 0. The monoisotopic (exact) mass is 362 g/mol. The molecule has 2 aromatic carbocycles. The van der Waals surface area contributed by atoms with Crippen LogP contribution in [0.3, 0.4) is 0 Å². The summed E-state index contributed by atoms with van der Waals surface area (Å²) in [5, 5.41) is 3.18. The second-order valence-corrected chi connectivity index (χ2v) is 8.78. The molecule has 2 aromatic rings. The number of nitrogens with zero attached hydrogens (tertiary/aromatic N) is 1. The van der Waals surface area contributed by atoms with E-state index in [-0.39, 0.29) is 11.3 Å². The summed E-state index contributed by atoms with van der Waals surface area (Å²) in [5.41, 5.74) is 5.07. The van der Waals surface area contributed by atoms with Crippen LogP contribution in [0.1, 0.15) is 42.5 Å². The van der Waals surface area contributed by atoms with Crippen molar-refractivity contribution >= 4 is 5.91 Å². The molecule has 1 saturated heterocycles. The molecular formula is C24H30N2O. The van der Waals surface area contributed by atoms with Gasteiger partial charge in [-0.25, -0.2) is 0 Å². The molecule has 3 nitrogen and oxygen atoms in total. The Labute approximate surface area is 162 Å². The third kappa shape index (κ3) is 3.93. The van der Waals surface area contributed by atoms with E-state index in [0.717, 1.165) is 38.9 Å². The van der Waals surface area contributed by atoms with Gasteiger partial charge in [-0.2, -0.15) is 0 Å². The topological polar surface area (TPSA) is 32.3 Å². The van der Waals surface area contributed by atoms with E-state index in [9.17, 15) is 4.79 Å². The minimum absolute atomic E-state index is 0.230. The van der Waals surface area contributed by atoms with Crippen LogP contribution in [-0.2, 0) is 30.7 Å². The number of hydrogen-bond donors (Lipinski definition) is 1. The average molecular weight is 363 g/mol. The third-order valence-corrected chi connectivity index (χ3v) is 6.07. The molecule has 4 rings (SSSR count). The summed E-state index contributed by atoms with van der Waals surface area (Å²) in [6.07, 6.45) is 2.93. The Bertz CT molecular complexity index is 811. The first-order valence-electron chi connectivity index (χ1n) is 10.2. The van der Waals surface area contributed by atoms with E-state index in [2.05, 4.69) is 72.6 Å². The van der Waals surface area contributed by atoms with Crippen LogP contribution in [0.2, 0.25) is 0 Å². The van der Waals surface area contributed by atoms with Crippen LogP contribution in [0.5, 0.6) is 0 Å². The first-order chi connectivity index (χ1) is 13.0. The second kappa shape index (κ2) is 7.47. The van der Waals surface area contributed by atoms with Crippen molar-refractivity contribution in [3.8, 4) is 0 Å². The quantitative estimate of drug-likeness (QED) is 0.893. The smallest absolute Gasteiger partial charge is 0.228 e. The van der Waals surface area contributed by atoms with E-state index in [1.165, 1.54) is 22.3 Å². The number of nitrogens with one attached hydrogen (secondary N) is 1. The Balaban J connectivity index is 1.45. The van der Waals surface area contributed by atoms with Crippen LogP contribution in [0.15, 0.2) is 48.5 Å². The number of carbonyl (C=O) groups excluding carboxylic acids is 1. The number of rotatable bonds is 4. The molecule has 2 aliphatic rings. The van der Waals surface area contributed by atoms with Gasteiger partial charge in [-0.05, 0) is 54.0 Å². The van der Waals surface area contributed by atoms with Crippen molar-refractivity contribution < 1.29 is 4.79 Å². The Morgan fingerprint density at radius 2 is 1.74 bits per heavy atom. The van der Waals surface area contributed by atoms with Crippen LogP contribution in [0.25, 0.3) is 0 Å². The van der Waals surface area contributed by atoms with Gasteiger partial charge >= 0.3 is 0 Å². The van der Waals surface area contributed by atoms with E-state index >= 15 is 0 Å². The third-order valence-electron chi connectivity index (χ3n) is 6.07. The van der Waals surface area contributed by atoms with E-state index in [1.54, 1.807) is 0 Å². The molecule has 1 atom stereocenters. The summed E-state index contributed by atoms with van der Waals surface area (Å²) < 4.78 is 0. The molecule has 1 fully saturated rings. The molecule has 2 heterocycles. The van der Waals surface area contributed by atoms with Crippen LogP contribution >= 0.6 is 0 Å². The zero-order valence-electron chi connectivity index (χ0n) is 16.5. The van der Waals surface area contributed by atoms with E-state index < -0.39 is 0 Å². The first-order valence-corrected chi connectivity index (χ1v) is 10.2. The summed E-state index contributed by atoms with van der Waals surface area (Å²) in [4.78, 5) is 15.4. The Morgan fingerprint density at radius 1 is 1.04 bits per heavy atom. The lowest BCUT2D eigenvalue weighted by molar-refractivity contribution is -0.130. The molecule has 142 valence electrons. The largest absolute Gasteiger partial charge is 0.351 e. The fraction of sp³-hybridized carbons (Fsp3) is 0.458. The van der Waals surface area contributed by atoms with Crippen molar-refractivity contribution in [2.45, 2.75) is 46.2 Å². The van der Waals surface area contributed by atoms with Gasteiger partial charge in [-0.1, -0.05) is 62.4 Å². The lowest BCUT2D eigenvalue weighted by Gasteiger charge is -2.26. The second-order valence-electron chi connectivity index (χ2n) is 8.78. The van der Waals surface area contributed by atoms with E-state index in [0.29, 0.717) is 12.5 Å². The molecule has 0 aliphatic carbocycles. The summed E-state index contributed by atoms with van der Waals surface area (Å²) in [6, 6.07) is 17.5. The summed E-state index contributed by atoms with van der Waals surface area (Å²) in [6.45, 7) is 7.94. The van der Waals surface area contributed by atoms with Gasteiger partial charge in [-0.15, -0.1) is 0 Å². The van der Waals surface area contributed by atoms with Gasteiger partial charge in [0, 0.05) is 19.6 Å². The van der Waals surface area contributed by atoms with Crippen molar-refractivity contribution in [1.82, 2.24) is 10.2 Å². The minimum Gasteiger partial charge on any atom is -0.351 e. The zero-order valence-corrected chi connectivity index (χ0v) is 16.5. The maximum absolute atomic E-state index is 12.9. The lowest BCUT2D eigenvalue weighted by atomic mass is 9.80. The van der Waals surface area contributed by atoms with Crippen molar-refractivity contribution in [2.24, 2.45) is 11.3 Å². The van der Waals surface area contributed by atoms with Crippen LogP contribution in [0, 0.1) is 11.3 Å². The first kappa shape index (κ1) is 18.2. The molecule has 1 amide bonds. The van der Waals surface area contributed by atoms with Crippen molar-refractivity contribution in [2.75, 3.05) is 13.1 Å². The molecule has 1 unspecified atom stereocenters. The molecule has 1 N–H and O–H groups in total. The molecule has 1 spiro atoms. The fourth-order valence-electron chi connectivity index (χ4n) is 4.64. The van der Waals surface area contributed by atoms with E-state index in [1.807, 2.05) is 0 Å². The zero-order chi connectivity index (χ0) is 18.9. The van der Waals surface area contributed by atoms with Gasteiger partial charge < -0.3 is 5.32 Å². The predicted molar refractivity (Wildman–Crippen MR) is 109 cm³/mol. The van der Waals surface area contributed by atoms with Crippen molar-refractivity contribution in [3.05, 3.63) is 70.8 Å². The molecule has 0 radical (unpaired) electrons. The molecular weight excluding hydrogens is 332 g/mol. The number of fused-ring (bicyclic) bond motifs is 1. The number of hydrogen-bond acceptors (Lipinski definition) is 2. The van der Waals surface area contributed by atoms with Gasteiger partial charge in [0.05, 0.1) is 5.41 Å². The molecule has 0 bridgehead atoms. The van der Waals surface area contributed by atoms with Gasteiger partial charge in [0.15, 0.2) is 0 Å². The van der Waals surface area contributed by atoms with Gasteiger partial charge in [0.2, 0.25) is 5.91 Å². The molecule has 0 saturated carbocycles. The molecule has 2 aliphatic heterocycles. The standard InChI is InChI=1S/C24H30N2O/c1-18(2)13-19-7-9-20(10-8-19)16-26-12-11-24(17-26)14-21-5-3-4-6-22(21)15-25-23(24)27/h3-10,18H,11-17H2,1-2H3,(H,25,27). The molecule has 0 aromatic heterocycles. The van der Waals surface area contributed by atoms with Gasteiger partial charge in [-0.3, -0.25) is 9.69 Å². The minimum atomic E-state index is -0.274. The van der Waals surface area contributed by atoms with Crippen LogP contribution in [0.4, 0.5) is 0 Å². The summed E-state index contributed by atoms with van der Waals surface area (Å²) in [5.74, 6) is 0.916. The Hall–Kier alpha value is -2.13. The predicted octanol–water partition coefficient (Wildman–Crippen LogP) is 3.95. The highest BCUT2D eigenvalue weighted by molar-refractivity contribution is 5.84. The van der Waals surface area contributed by atoms with Crippen LogP contribution < -0.4 is 5.32 Å². The van der Waals surface area contributed by atoms with Gasteiger partial charge in [0.1, 0.15) is 0 Å². The summed E-state index contributed by atoms with van der Waals surface area (Å²) in [7, 11) is 0. The maximum atomic E-state index is 12.9. The van der Waals surface area contributed by atoms with Gasteiger partial charge in [0.25, 0.3) is 0 Å². The van der Waals surface area contributed by atoms with Crippen molar-refractivity contribution in [1.29, 1.82) is 0 Å². The number of likely N-dealkylation sites (tertiary alicyclic amines) is 1. The number of carbonyl (C=O) groups is 1. The van der Waals surface area contributed by atoms with E-state index in [4.69, 9.17) is 0 Å². The normalized spacial score (nSPS) is 22.7. The average Bonchev–Trinajstić information content (AvgIpc) is 2.99. The van der Waals surface area contributed by atoms with Crippen molar-refractivity contribution in [3.63, 3.8) is 0 Å². The Kier molecular flexibility index (Phi) is 5.05. The highest BCUT2D eigenvalue weighted by atomic mass is 16.2. The molecule has 3 heteroatoms. The molecule has 27 heavy (non-hydrogen) atoms. The lowest BCUT2D eigenvalue weighted by Crippen LogP contribution is -2.42. The fourth-order valence-corrected chi connectivity index (χ4v) is 4.64. The number of amides is 1. The number of benzene rings is 2. The highest BCUT2D eigenvalue weighted by Gasteiger charge is 2.45. The highest BCUT2D eigenvalue weighted by Crippen LogP contribution is 2.37. The maximum Gasteiger partial charge on any atom is 0.228 e. The van der Waals surface area contributed by atoms with Crippen LogP contribution in [-0.4, -0.2) is 23.9 Å². The SMILES string of the molecule is CC(C)Cc1ccc(CN2CCC3(Cc4ccccc4CNC3=O)C2)cc1.